The summed E-state index contributed by atoms with van der Waals surface area (Å²) in [5.74, 6) is -3.36. The number of hydrogen-bond acceptors (Lipinski definition) is 3. The molecule has 1 saturated heterocycles. The van der Waals surface area contributed by atoms with Gasteiger partial charge in [0.25, 0.3) is 0 Å². The van der Waals surface area contributed by atoms with Gasteiger partial charge in [-0.05, 0) is 19.2 Å². The van der Waals surface area contributed by atoms with Crippen LogP contribution in [0.1, 0.15) is 0 Å². The first-order valence-corrected chi connectivity index (χ1v) is 7.25. The van der Waals surface area contributed by atoms with Gasteiger partial charge in [0.2, 0.25) is 5.91 Å². The van der Waals surface area contributed by atoms with Gasteiger partial charge < -0.3 is 10.2 Å². The zero-order valence-corrected chi connectivity index (χ0v) is 12.5. The fourth-order valence-corrected chi connectivity index (χ4v) is 2.97. The zero-order chi connectivity index (χ0) is 16.6. The van der Waals surface area contributed by atoms with Gasteiger partial charge in [-0.1, -0.05) is 18.2 Å². The second-order valence-electron chi connectivity index (χ2n) is 5.88. The van der Waals surface area contributed by atoms with Crippen molar-refractivity contribution in [3.8, 4) is 0 Å². The largest absolute Gasteiger partial charge is 0.393 e. The molecule has 2 aromatic rings. The number of anilines is 1. The molecule has 3 rings (SSSR count). The summed E-state index contributed by atoms with van der Waals surface area (Å²) >= 11 is 0. The molecule has 1 aromatic heterocycles. The number of likely N-dealkylation sites (tertiary alicyclic amines) is 1. The predicted octanol–water partition coefficient (Wildman–Crippen LogP) is 2.91. The van der Waals surface area contributed by atoms with Crippen LogP contribution in [0.15, 0.2) is 36.5 Å². The van der Waals surface area contributed by atoms with E-state index >= 15 is 0 Å². The van der Waals surface area contributed by atoms with Gasteiger partial charge in [0.1, 0.15) is 0 Å². The van der Waals surface area contributed by atoms with E-state index < -0.39 is 23.9 Å². The fraction of sp³-hybridized carbons (Fsp3) is 0.375. The van der Waals surface area contributed by atoms with Crippen molar-refractivity contribution >= 4 is 22.5 Å². The quantitative estimate of drug-likeness (QED) is 0.924. The molecule has 2 atom stereocenters. The van der Waals surface area contributed by atoms with Gasteiger partial charge in [0.05, 0.1) is 29.2 Å². The number of hydrogen-bond donors (Lipinski definition) is 1. The summed E-state index contributed by atoms with van der Waals surface area (Å²) in [5, 5.41) is 3.39. The topological polar surface area (TPSA) is 45.2 Å². The van der Waals surface area contributed by atoms with Crippen LogP contribution in [0.2, 0.25) is 0 Å². The molecule has 2 heterocycles. The maximum absolute atomic E-state index is 13.1. The number of nitrogens with zero attached hydrogens (tertiary/aromatic N) is 2. The fourth-order valence-electron chi connectivity index (χ4n) is 2.97. The molecule has 1 aliphatic rings. The van der Waals surface area contributed by atoms with E-state index in [2.05, 4.69) is 10.3 Å². The molecule has 0 unspecified atom stereocenters. The lowest BCUT2D eigenvalue weighted by Gasteiger charge is -2.20. The number of rotatable bonds is 2. The number of pyridine rings is 1. The standard InChI is InChI=1S/C16H16F3N3O/c1-22-8-12(13(9-22)16(17,18)19)15(23)21-11-6-10-4-2-3-5-14(10)20-7-11/h2-7,12-13H,8-9H2,1H3,(H,21,23)/t12-,13-/m1/s1. The molecule has 122 valence electrons. The van der Waals surface area contributed by atoms with Gasteiger partial charge in [-0.15, -0.1) is 0 Å². The Labute approximate surface area is 131 Å². The van der Waals surface area contributed by atoms with E-state index in [9.17, 15) is 18.0 Å². The number of amides is 1. The molecule has 23 heavy (non-hydrogen) atoms. The number of halogens is 3. The summed E-state index contributed by atoms with van der Waals surface area (Å²) in [4.78, 5) is 18.0. The number of aromatic nitrogens is 1. The molecule has 7 heteroatoms. The van der Waals surface area contributed by atoms with Crippen LogP contribution in [0.3, 0.4) is 0 Å². The minimum atomic E-state index is -4.38. The molecule has 1 amide bonds. The smallest absolute Gasteiger partial charge is 0.324 e. The molecular weight excluding hydrogens is 307 g/mol. The Bertz CT molecular complexity index is 732. The highest BCUT2D eigenvalue weighted by Crippen LogP contribution is 2.37. The van der Waals surface area contributed by atoms with Crippen LogP contribution >= 0.6 is 0 Å². The van der Waals surface area contributed by atoms with Crippen LogP contribution in [0, 0.1) is 11.8 Å². The summed E-state index contributed by atoms with van der Waals surface area (Å²) in [6.07, 6.45) is -2.92. The van der Waals surface area contributed by atoms with E-state index in [1.165, 1.54) is 11.1 Å². The molecule has 0 saturated carbocycles. The second kappa shape index (κ2) is 5.81. The Kier molecular flexibility index (Phi) is 3.97. The van der Waals surface area contributed by atoms with Crippen molar-refractivity contribution in [1.29, 1.82) is 0 Å². The molecule has 0 radical (unpaired) electrons. The van der Waals surface area contributed by atoms with E-state index in [1.807, 2.05) is 24.3 Å². The Morgan fingerprint density at radius 2 is 2.04 bits per heavy atom. The summed E-state index contributed by atoms with van der Waals surface area (Å²) < 4.78 is 39.2. The monoisotopic (exact) mass is 323 g/mol. The normalized spacial score (nSPS) is 22.4. The van der Waals surface area contributed by atoms with Crippen molar-refractivity contribution in [1.82, 2.24) is 9.88 Å². The third-order valence-corrected chi connectivity index (χ3v) is 4.12. The molecule has 0 aliphatic carbocycles. The molecule has 1 fully saturated rings. The maximum atomic E-state index is 13.1. The van der Waals surface area contributed by atoms with Crippen molar-refractivity contribution in [3.05, 3.63) is 36.5 Å². The molecule has 4 nitrogen and oxygen atoms in total. The number of carbonyl (C=O) groups excluding carboxylic acids is 1. The number of fused-ring (bicyclic) bond motifs is 1. The second-order valence-corrected chi connectivity index (χ2v) is 5.88. The molecule has 1 aromatic carbocycles. The van der Waals surface area contributed by atoms with E-state index in [4.69, 9.17) is 0 Å². The lowest BCUT2D eigenvalue weighted by Crippen LogP contribution is -2.36. The van der Waals surface area contributed by atoms with Crippen LogP contribution in [0.5, 0.6) is 0 Å². The number of alkyl halides is 3. The molecule has 0 bridgehead atoms. The number of benzene rings is 1. The molecule has 0 spiro atoms. The predicted molar refractivity (Wildman–Crippen MR) is 80.9 cm³/mol. The van der Waals surface area contributed by atoms with E-state index in [-0.39, 0.29) is 13.1 Å². The zero-order valence-electron chi connectivity index (χ0n) is 12.5. The number of para-hydroxylation sites is 1. The SMILES string of the molecule is CN1C[C@@H](C(F)(F)F)[C@H](C(=O)Nc2cnc3ccccc3c2)C1. The highest BCUT2D eigenvalue weighted by Gasteiger charge is 2.51. The molecule has 1 aliphatic heterocycles. The third kappa shape index (κ3) is 3.29. The Morgan fingerprint density at radius 3 is 2.78 bits per heavy atom. The van der Waals surface area contributed by atoms with Crippen LogP contribution in [-0.4, -0.2) is 42.1 Å². The minimum absolute atomic E-state index is 0.0943. The van der Waals surface area contributed by atoms with Crippen molar-refractivity contribution in [2.75, 3.05) is 25.5 Å². The first-order chi connectivity index (χ1) is 10.8. The van der Waals surface area contributed by atoms with Gasteiger partial charge >= 0.3 is 6.18 Å². The third-order valence-electron chi connectivity index (χ3n) is 4.12. The van der Waals surface area contributed by atoms with Crippen molar-refractivity contribution in [2.45, 2.75) is 6.18 Å². The summed E-state index contributed by atoms with van der Waals surface area (Å²) in [7, 11) is 1.59. The van der Waals surface area contributed by atoms with Crippen molar-refractivity contribution in [2.24, 2.45) is 11.8 Å². The van der Waals surface area contributed by atoms with E-state index in [0.29, 0.717) is 5.69 Å². The maximum Gasteiger partial charge on any atom is 0.393 e. The van der Waals surface area contributed by atoms with Crippen molar-refractivity contribution in [3.63, 3.8) is 0 Å². The van der Waals surface area contributed by atoms with Crippen LogP contribution < -0.4 is 5.32 Å². The minimum Gasteiger partial charge on any atom is -0.324 e. The van der Waals surface area contributed by atoms with Crippen LogP contribution in [0.4, 0.5) is 18.9 Å². The summed E-state index contributed by atoms with van der Waals surface area (Å²) in [5.41, 5.74) is 1.17. The van der Waals surface area contributed by atoms with Crippen molar-refractivity contribution < 1.29 is 18.0 Å². The molecular formula is C16H16F3N3O. The van der Waals surface area contributed by atoms with Gasteiger partial charge in [-0.2, -0.15) is 13.2 Å². The Morgan fingerprint density at radius 1 is 1.30 bits per heavy atom. The van der Waals surface area contributed by atoms with Crippen LogP contribution in [-0.2, 0) is 4.79 Å². The first kappa shape index (κ1) is 15.7. The van der Waals surface area contributed by atoms with Gasteiger partial charge in [0, 0.05) is 18.5 Å². The van der Waals surface area contributed by atoms with E-state index in [0.717, 1.165) is 10.9 Å². The molecule has 1 N–H and O–H groups in total. The highest BCUT2D eigenvalue weighted by molar-refractivity contribution is 5.95. The van der Waals surface area contributed by atoms with Crippen LogP contribution in [0.25, 0.3) is 10.9 Å². The first-order valence-electron chi connectivity index (χ1n) is 7.25. The lowest BCUT2D eigenvalue weighted by molar-refractivity contribution is -0.182. The van der Waals surface area contributed by atoms with Gasteiger partial charge in [0.15, 0.2) is 0 Å². The average molecular weight is 323 g/mol. The summed E-state index contributed by atoms with van der Waals surface area (Å²) in [6.45, 7) is -0.0609. The average Bonchev–Trinajstić information content (AvgIpc) is 2.89. The Hall–Kier alpha value is -2.15. The van der Waals surface area contributed by atoms with Gasteiger partial charge in [-0.25, -0.2) is 0 Å². The number of nitrogens with one attached hydrogen (secondary N) is 1. The number of carbonyl (C=O) groups is 1. The lowest BCUT2D eigenvalue weighted by atomic mass is 9.94. The van der Waals surface area contributed by atoms with E-state index in [1.54, 1.807) is 13.1 Å². The summed E-state index contributed by atoms with van der Waals surface area (Å²) in [6, 6.07) is 9.05. The highest BCUT2D eigenvalue weighted by atomic mass is 19.4. The van der Waals surface area contributed by atoms with Gasteiger partial charge in [-0.3, -0.25) is 9.78 Å². The Balaban J connectivity index is 1.79.